The second kappa shape index (κ2) is 18.3. The van der Waals surface area contributed by atoms with Gasteiger partial charge in [0.1, 0.15) is 17.6 Å². The van der Waals surface area contributed by atoms with Gasteiger partial charge in [0.15, 0.2) is 34.9 Å². The number of carbonyl (C=O) groups excluding carboxylic acids is 3. The first-order valence-corrected chi connectivity index (χ1v) is 26.6. The molecule has 5 aliphatic carbocycles. The average molecular weight is 1020 g/mol. The lowest BCUT2D eigenvalue weighted by Crippen LogP contribution is -2.76. The number of esters is 2. The van der Waals surface area contributed by atoms with Gasteiger partial charge in [-0.25, -0.2) is 0 Å². The highest BCUT2D eigenvalue weighted by atomic mass is 16.5. The molecule has 14 nitrogen and oxygen atoms in total. The molecule has 3 N–H and O–H groups in total. The number of aromatic hydroxyl groups is 1. The van der Waals surface area contributed by atoms with Gasteiger partial charge in [0.05, 0.1) is 40.8 Å². The van der Waals surface area contributed by atoms with Crippen molar-refractivity contribution in [2.75, 3.05) is 33.8 Å². The molecule has 0 unspecified atom stereocenters. The number of benzene rings is 4. The minimum atomic E-state index is -0.900. The Bertz CT molecular complexity index is 3050. The normalized spacial score (nSPS) is 30.0. The molecule has 9 aliphatic rings. The number of aliphatic hydroxyl groups is 2. The van der Waals surface area contributed by atoms with Crippen molar-refractivity contribution in [2.24, 2.45) is 5.92 Å². The Morgan fingerprint density at radius 1 is 0.747 bits per heavy atom. The summed E-state index contributed by atoms with van der Waals surface area (Å²) in [6, 6.07) is 28.5. The van der Waals surface area contributed by atoms with E-state index in [1.165, 1.54) is 37.8 Å². The molecule has 75 heavy (non-hydrogen) atoms. The standard InChI is InChI=1S/C22H19NO4.C21H25NO3.C18H21NO4/c1-15(24)26-19-10-6-17(7-11-19)22(21-5-3-4-14-23-21)18-8-12-20(13-9-18)27-16(2)25;1-12-6-7-21(24)16-10-14-4-5-15(23)18-17(14)20(21,19(12)25-18)8-9-22(16)11-13-2-3-13;1-19-8-7-17-14-10-3-4-12(22-2)15(14)23-16(17)11(20)5-6-18(17,21)13(19)9-10/h3-14,22H,1-2H3;4-5,13,16,19,23-24H,1-3,6-11H2;3-4,13,16,21H,5-9H2,1-2H3/t;16-,19+,20+,21-;13-,16+,17+,18-/m.11/s1. The fourth-order valence-corrected chi connectivity index (χ4v) is 14.9. The largest absolute Gasteiger partial charge is 0.504 e. The Kier molecular flexibility index (Phi) is 12.0. The topological polar surface area (TPSA) is 177 Å². The van der Waals surface area contributed by atoms with Crippen LogP contribution in [-0.4, -0.2) is 117 Å². The van der Waals surface area contributed by atoms with E-state index in [2.05, 4.69) is 34.5 Å². The van der Waals surface area contributed by atoms with E-state index in [9.17, 15) is 29.7 Å². The number of ether oxygens (including phenoxy) is 5. The van der Waals surface area contributed by atoms with Gasteiger partial charge < -0.3 is 43.9 Å². The van der Waals surface area contributed by atoms with E-state index in [0.29, 0.717) is 41.6 Å². The van der Waals surface area contributed by atoms with Crippen LogP contribution >= 0.6 is 0 Å². The molecule has 4 aliphatic heterocycles. The molecule has 4 aromatic carbocycles. The van der Waals surface area contributed by atoms with Crippen molar-refractivity contribution >= 4 is 17.7 Å². The van der Waals surface area contributed by atoms with Gasteiger partial charge in [-0.3, -0.25) is 24.3 Å². The van der Waals surface area contributed by atoms with Gasteiger partial charge in [0.25, 0.3) is 0 Å². The highest BCUT2D eigenvalue weighted by molar-refractivity contribution is 5.90. The third-order valence-corrected chi connectivity index (χ3v) is 18.4. The third kappa shape index (κ3) is 7.63. The van der Waals surface area contributed by atoms with Gasteiger partial charge in [-0.15, -0.1) is 0 Å². The van der Waals surface area contributed by atoms with Crippen LogP contribution in [0.3, 0.4) is 0 Å². The Morgan fingerprint density at radius 2 is 1.33 bits per heavy atom. The lowest BCUT2D eigenvalue weighted by atomic mass is 9.48. The molecule has 5 aromatic rings. The Labute approximate surface area is 437 Å². The van der Waals surface area contributed by atoms with Gasteiger partial charge in [-0.2, -0.15) is 0 Å². The monoisotopic (exact) mass is 1020 g/mol. The summed E-state index contributed by atoms with van der Waals surface area (Å²) in [7, 11) is 3.70. The van der Waals surface area contributed by atoms with Crippen LogP contribution in [0, 0.1) is 5.92 Å². The second-order valence-electron chi connectivity index (χ2n) is 22.4. The number of nitrogens with zero attached hydrogens (tertiary/aromatic N) is 3. The summed E-state index contributed by atoms with van der Waals surface area (Å²) < 4.78 is 28.1. The molecule has 0 radical (unpaired) electrons. The van der Waals surface area contributed by atoms with Crippen LogP contribution in [-0.2, 0) is 38.1 Å². The average Bonchev–Trinajstić information content (AvgIpc) is 4.14. The van der Waals surface area contributed by atoms with Crippen LogP contribution in [0.1, 0.15) is 110 Å². The summed E-state index contributed by atoms with van der Waals surface area (Å²) in [6.07, 6.45) is 9.43. The highest BCUT2D eigenvalue weighted by Crippen LogP contribution is 2.67. The molecule has 14 rings (SSSR count). The van der Waals surface area contributed by atoms with Crippen LogP contribution in [0.5, 0.6) is 34.5 Å². The highest BCUT2D eigenvalue weighted by Gasteiger charge is 2.74. The summed E-state index contributed by atoms with van der Waals surface area (Å²) >= 11 is 0. The molecule has 5 heterocycles. The number of methoxy groups -OCH3 is 1. The maximum absolute atomic E-state index is 12.7. The molecule has 3 saturated carbocycles. The summed E-state index contributed by atoms with van der Waals surface area (Å²) in [5.74, 6) is 3.28. The molecule has 390 valence electrons. The first-order chi connectivity index (χ1) is 36.1. The van der Waals surface area contributed by atoms with Gasteiger partial charge in [-0.05, 0) is 160 Å². The number of phenolic OH excluding ortho intramolecular Hbond substituents is 1. The van der Waals surface area contributed by atoms with Gasteiger partial charge >= 0.3 is 11.9 Å². The fraction of sp³-hybridized carbons (Fsp3) is 0.443. The number of Topliss-reactive ketones (excluding diaryl/α,β-unsaturated/α-hetero) is 1. The molecule has 8 atom stereocenters. The van der Waals surface area contributed by atoms with Crippen LogP contribution in [0.2, 0.25) is 0 Å². The zero-order valence-electron chi connectivity index (χ0n) is 43.1. The maximum atomic E-state index is 12.7. The summed E-state index contributed by atoms with van der Waals surface area (Å²) in [4.78, 5) is 44.2. The quantitative estimate of drug-likeness (QED) is 0.0784. The molecule has 1 aromatic heterocycles. The Balaban J connectivity index is 0.000000114. The number of likely N-dealkylation sites (N-methyl/N-ethyl adjacent to an activating group) is 1. The number of piperidine rings is 2. The Morgan fingerprint density at radius 3 is 1.96 bits per heavy atom. The minimum absolute atomic E-state index is 0.0438. The van der Waals surface area contributed by atoms with Gasteiger partial charge in [-0.1, -0.05) is 49.0 Å². The fourth-order valence-electron chi connectivity index (χ4n) is 14.9. The molecule has 2 saturated heterocycles. The zero-order chi connectivity index (χ0) is 52.2. The number of carbonyl (C=O) groups is 3. The smallest absolute Gasteiger partial charge is 0.308 e. The molecular weight excluding hydrogens is 951 g/mol. The number of likely N-dealkylation sites (tertiary alicyclic amines) is 2. The predicted molar refractivity (Wildman–Crippen MR) is 278 cm³/mol. The molecular formula is C61H65N3O11. The number of pyridine rings is 1. The lowest BCUT2D eigenvalue weighted by molar-refractivity contribution is -0.185. The van der Waals surface area contributed by atoms with E-state index in [0.717, 1.165) is 97.6 Å². The number of aromatic nitrogens is 1. The van der Waals surface area contributed by atoms with Crippen molar-refractivity contribution in [3.8, 4) is 34.5 Å². The number of ketones is 1. The number of hydrogen-bond donors (Lipinski definition) is 3. The van der Waals surface area contributed by atoms with E-state index in [1.807, 2.05) is 54.6 Å². The van der Waals surface area contributed by atoms with Crippen molar-refractivity contribution in [1.82, 2.24) is 14.8 Å². The number of rotatable bonds is 8. The van der Waals surface area contributed by atoms with Crippen LogP contribution in [0.15, 0.2) is 109 Å². The Hall–Kier alpha value is -6.58. The summed E-state index contributed by atoms with van der Waals surface area (Å²) in [5.41, 5.74) is 5.84. The van der Waals surface area contributed by atoms with Crippen molar-refractivity contribution in [3.05, 3.63) is 148 Å². The first kappa shape index (κ1) is 49.3. The van der Waals surface area contributed by atoms with E-state index in [1.54, 1.807) is 43.6 Å². The SMILES string of the molecule is C=C1CC[C@@]2(O)[C@H]3Cc4ccc(O)c5c4[C@@]2(CCN3CC2CC2)[C@H]1O5.CC(=O)Oc1ccc(C(c2ccc(OC(C)=O)cc2)c2ccccn2)cc1.COc1ccc2c3c1O[C@H]1C(=O)CC[C@@]4(O)[C@@H](C2)N(C)CC[C@]314. The van der Waals surface area contributed by atoms with Crippen molar-refractivity contribution in [1.29, 1.82) is 0 Å². The van der Waals surface area contributed by atoms with Crippen LogP contribution in [0.4, 0.5) is 0 Å². The van der Waals surface area contributed by atoms with Gasteiger partial charge in [0, 0.05) is 56.2 Å². The van der Waals surface area contributed by atoms with Crippen molar-refractivity contribution in [3.63, 3.8) is 0 Å². The van der Waals surface area contributed by atoms with Crippen molar-refractivity contribution in [2.45, 2.75) is 130 Å². The maximum Gasteiger partial charge on any atom is 0.308 e. The molecule has 14 heteroatoms. The van der Waals surface area contributed by atoms with E-state index in [4.69, 9.17) is 23.7 Å². The molecule has 5 fully saturated rings. The first-order valence-electron chi connectivity index (χ1n) is 26.6. The van der Waals surface area contributed by atoms with Crippen LogP contribution < -0.4 is 23.7 Å². The molecule has 4 bridgehead atoms. The zero-order valence-corrected chi connectivity index (χ0v) is 43.1. The number of hydrogen-bond acceptors (Lipinski definition) is 14. The number of phenols is 1. The van der Waals surface area contributed by atoms with E-state index in [-0.39, 0.29) is 47.6 Å². The van der Waals surface area contributed by atoms with E-state index >= 15 is 0 Å². The van der Waals surface area contributed by atoms with Crippen molar-refractivity contribution < 1.29 is 53.4 Å². The summed E-state index contributed by atoms with van der Waals surface area (Å²) in [5, 5.41) is 34.2. The minimum Gasteiger partial charge on any atom is -0.504 e. The third-order valence-electron chi connectivity index (χ3n) is 18.4. The second-order valence-corrected chi connectivity index (χ2v) is 22.4. The van der Waals surface area contributed by atoms with E-state index < -0.39 is 28.1 Å². The lowest BCUT2D eigenvalue weighted by Gasteiger charge is -2.63. The molecule has 0 amide bonds. The van der Waals surface area contributed by atoms with Gasteiger partial charge in [0.2, 0.25) is 0 Å². The van der Waals surface area contributed by atoms with Crippen LogP contribution in [0.25, 0.3) is 0 Å². The predicted octanol–water partition coefficient (Wildman–Crippen LogP) is 7.67. The molecule has 2 spiro atoms. The summed E-state index contributed by atoms with van der Waals surface area (Å²) in [6.45, 7) is 10.0.